The Kier molecular flexibility index (Phi) is 3.27. The van der Waals surface area contributed by atoms with Crippen LogP contribution < -0.4 is 5.46 Å². The number of halogens is 6. The van der Waals surface area contributed by atoms with E-state index in [0.29, 0.717) is 0 Å². The van der Waals surface area contributed by atoms with Gasteiger partial charge in [-0.25, -0.2) is 4.39 Å². The summed E-state index contributed by atoms with van der Waals surface area (Å²) in [5.41, 5.74) is -1.19. The molecule has 0 atom stereocenters. The first-order valence-electron chi connectivity index (χ1n) is 3.17. The maximum Gasteiger partial charge on any atom is 0.513 e. The molecule has 13 heavy (non-hydrogen) atoms. The molecule has 0 fully saturated rings. The van der Waals surface area contributed by atoms with Crippen molar-refractivity contribution in [2.75, 3.05) is 0 Å². The minimum Gasteiger partial charge on any atom is -0.445 e. The highest BCUT2D eigenvalue weighted by Crippen LogP contribution is 2.21. The summed E-state index contributed by atoms with van der Waals surface area (Å²) in [6.07, 6.45) is 0. The molecule has 0 spiro atoms. The molecule has 0 aromatic heterocycles. The highest BCUT2D eigenvalue weighted by molar-refractivity contribution is 14.1. The van der Waals surface area contributed by atoms with Gasteiger partial charge in [-0.15, -0.1) is 0 Å². The Morgan fingerprint density at radius 3 is 2.15 bits per heavy atom. The normalized spacial score (nSPS) is 11.8. The van der Waals surface area contributed by atoms with E-state index < -0.39 is 18.3 Å². The van der Waals surface area contributed by atoms with Crippen molar-refractivity contribution < 1.29 is 17.3 Å². The first kappa shape index (κ1) is 11.3. The van der Waals surface area contributed by atoms with Crippen LogP contribution in [0.15, 0.2) is 16.6 Å². The summed E-state index contributed by atoms with van der Waals surface area (Å²) in [4.78, 5) is 0. The van der Waals surface area contributed by atoms with E-state index >= 15 is 0 Å². The van der Waals surface area contributed by atoms with Crippen molar-refractivity contribution >= 4 is 51.0 Å². The summed E-state index contributed by atoms with van der Waals surface area (Å²) in [5, 5.41) is 0. The first-order chi connectivity index (χ1) is 5.84. The van der Waals surface area contributed by atoms with Crippen LogP contribution in [0.3, 0.4) is 0 Å². The van der Waals surface area contributed by atoms with Gasteiger partial charge in [0.1, 0.15) is 5.82 Å². The third-order valence-electron chi connectivity index (χ3n) is 1.41. The Hall–Kier alpha value is 0.215. The minimum atomic E-state index is -5.30. The van der Waals surface area contributed by atoms with E-state index in [1.165, 1.54) is 34.7 Å². The maximum atomic E-state index is 13.0. The van der Waals surface area contributed by atoms with Crippen molar-refractivity contribution in [1.82, 2.24) is 0 Å². The second kappa shape index (κ2) is 3.76. The van der Waals surface area contributed by atoms with E-state index in [0.717, 1.165) is 0 Å². The molecule has 1 aromatic rings. The third kappa shape index (κ3) is 2.36. The van der Waals surface area contributed by atoms with Crippen molar-refractivity contribution in [2.24, 2.45) is 0 Å². The second-order valence-corrected chi connectivity index (χ2v) is 4.35. The standard InChI is InChI=1S/C6H2BBrF4I/c8-3-1-2-4(13)6(9)5(3)7(10,11)12/h1-2H/q-1. The maximum absolute atomic E-state index is 13.0. The van der Waals surface area contributed by atoms with E-state index in [2.05, 4.69) is 15.9 Å². The fourth-order valence-electron chi connectivity index (χ4n) is 0.843. The van der Waals surface area contributed by atoms with Crippen molar-refractivity contribution in [3.05, 3.63) is 26.0 Å². The number of rotatable bonds is 1. The monoisotopic (exact) mass is 367 g/mol. The molecule has 0 aliphatic rings. The topological polar surface area (TPSA) is 0 Å². The largest absolute Gasteiger partial charge is 0.513 e. The zero-order chi connectivity index (χ0) is 10.2. The summed E-state index contributed by atoms with van der Waals surface area (Å²) >= 11 is 4.19. The van der Waals surface area contributed by atoms with E-state index in [-0.39, 0.29) is 8.04 Å². The molecule has 72 valence electrons. The average molecular weight is 368 g/mol. The predicted molar refractivity (Wildman–Crippen MR) is 55.5 cm³/mol. The zero-order valence-corrected chi connectivity index (χ0v) is 9.74. The number of benzene rings is 1. The highest BCUT2D eigenvalue weighted by atomic mass is 127. The molecule has 1 rings (SSSR count). The van der Waals surface area contributed by atoms with E-state index in [9.17, 15) is 17.3 Å². The lowest BCUT2D eigenvalue weighted by molar-refractivity contribution is 0.493. The molecule has 0 saturated heterocycles. The summed E-state index contributed by atoms with van der Waals surface area (Å²) < 4.78 is 49.6. The van der Waals surface area contributed by atoms with Gasteiger partial charge in [-0.2, -0.15) is 0 Å². The molecule has 0 heterocycles. The van der Waals surface area contributed by atoms with Crippen LogP contribution in [0.5, 0.6) is 0 Å². The Bertz CT molecular complexity index is 338. The van der Waals surface area contributed by atoms with Gasteiger partial charge in [0.25, 0.3) is 0 Å². The quantitative estimate of drug-likeness (QED) is 0.309. The first-order valence-corrected chi connectivity index (χ1v) is 5.04. The molecule has 0 radical (unpaired) electrons. The second-order valence-electron chi connectivity index (χ2n) is 2.33. The SMILES string of the molecule is Fc1c(I)ccc(Br)c1[B-](F)(F)F. The fraction of sp³-hybridized carbons (Fsp3) is 0. The van der Waals surface area contributed by atoms with E-state index in [1.54, 1.807) is 0 Å². The van der Waals surface area contributed by atoms with Crippen LogP contribution in [0.4, 0.5) is 17.3 Å². The van der Waals surface area contributed by atoms with Gasteiger partial charge in [0.2, 0.25) is 0 Å². The van der Waals surface area contributed by atoms with Crippen LogP contribution in [0.1, 0.15) is 0 Å². The molecule has 0 nitrogen and oxygen atoms in total. The fourth-order valence-corrected chi connectivity index (χ4v) is 1.88. The van der Waals surface area contributed by atoms with Gasteiger partial charge in [-0.05, 0) is 39.2 Å². The summed E-state index contributed by atoms with van der Waals surface area (Å²) in [6.45, 7) is -5.30. The lowest BCUT2D eigenvalue weighted by atomic mass is 9.80. The van der Waals surface area contributed by atoms with Crippen LogP contribution in [-0.2, 0) is 0 Å². The number of hydrogen-bond acceptors (Lipinski definition) is 0. The Morgan fingerprint density at radius 1 is 1.23 bits per heavy atom. The Morgan fingerprint density at radius 2 is 1.77 bits per heavy atom. The van der Waals surface area contributed by atoms with Gasteiger partial charge in [0, 0.05) is 3.57 Å². The molecular formula is C6H2BBrF4I-. The lowest BCUT2D eigenvalue weighted by Crippen LogP contribution is -2.38. The molecule has 0 N–H and O–H groups in total. The molecule has 0 unspecified atom stereocenters. The average Bonchev–Trinajstić information content (AvgIpc) is 1.95. The molecule has 0 aliphatic carbocycles. The summed E-state index contributed by atoms with van der Waals surface area (Å²) in [6, 6.07) is 2.47. The van der Waals surface area contributed by atoms with Gasteiger partial charge in [-0.3, -0.25) is 0 Å². The van der Waals surface area contributed by atoms with Crippen LogP contribution >= 0.6 is 38.5 Å². The summed E-state index contributed by atoms with van der Waals surface area (Å²) in [5.74, 6) is -1.21. The molecule has 0 aliphatic heterocycles. The van der Waals surface area contributed by atoms with E-state index in [4.69, 9.17) is 0 Å². The van der Waals surface area contributed by atoms with Gasteiger partial charge in [0.05, 0.1) is 0 Å². The van der Waals surface area contributed by atoms with Crippen molar-refractivity contribution in [2.45, 2.75) is 0 Å². The minimum absolute atomic E-state index is 0.0324. The molecule has 0 amide bonds. The molecule has 0 saturated carbocycles. The molecule has 7 heteroatoms. The smallest absolute Gasteiger partial charge is 0.445 e. The van der Waals surface area contributed by atoms with Crippen LogP contribution in [0.25, 0.3) is 0 Å². The number of hydrogen-bond donors (Lipinski definition) is 0. The van der Waals surface area contributed by atoms with E-state index in [1.807, 2.05) is 0 Å². The van der Waals surface area contributed by atoms with Crippen LogP contribution in [0, 0.1) is 9.39 Å². The van der Waals surface area contributed by atoms with Crippen molar-refractivity contribution in [1.29, 1.82) is 0 Å². The molecule has 0 bridgehead atoms. The third-order valence-corrected chi connectivity index (χ3v) is 2.93. The summed E-state index contributed by atoms with van der Waals surface area (Å²) in [7, 11) is 0. The van der Waals surface area contributed by atoms with Crippen LogP contribution in [0.2, 0.25) is 0 Å². The van der Waals surface area contributed by atoms with Crippen molar-refractivity contribution in [3.8, 4) is 0 Å². The Balaban J connectivity index is 3.43. The van der Waals surface area contributed by atoms with Gasteiger partial charge in [0.15, 0.2) is 0 Å². The van der Waals surface area contributed by atoms with Crippen LogP contribution in [-0.4, -0.2) is 6.98 Å². The predicted octanol–water partition coefficient (Wildman–Crippen LogP) is 3.25. The lowest BCUT2D eigenvalue weighted by Gasteiger charge is -2.18. The molecule has 1 aromatic carbocycles. The van der Waals surface area contributed by atoms with Gasteiger partial charge < -0.3 is 12.9 Å². The highest BCUT2D eigenvalue weighted by Gasteiger charge is 2.32. The zero-order valence-electron chi connectivity index (χ0n) is 6.00. The Labute approximate surface area is 94.0 Å². The van der Waals surface area contributed by atoms with Crippen molar-refractivity contribution in [3.63, 3.8) is 0 Å². The van der Waals surface area contributed by atoms with Gasteiger partial charge in [-0.1, -0.05) is 21.4 Å². The van der Waals surface area contributed by atoms with Gasteiger partial charge >= 0.3 is 6.98 Å². The molecular weight excluding hydrogens is 366 g/mol.